The summed E-state index contributed by atoms with van der Waals surface area (Å²) in [5, 5.41) is 0. The number of anilines is 1. The minimum Gasteiger partial charge on any atom is -0.402 e. The first-order valence-corrected chi connectivity index (χ1v) is 3.81. The molecule has 0 amide bonds. The summed E-state index contributed by atoms with van der Waals surface area (Å²) in [6.07, 6.45) is -4.88. The first-order valence-electron chi connectivity index (χ1n) is 3.81. The lowest BCUT2D eigenvalue weighted by atomic mass is 10.3. The van der Waals surface area contributed by atoms with Gasteiger partial charge in [0.2, 0.25) is 5.56 Å². The molecule has 15 heavy (non-hydrogen) atoms. The summed E-state index contributed by atoms with van der Waals surface area (Å²) in [5.74, 6) is -0.662. The Morgan fingerprint density at radius 3 is 2.53 bits per heavy atom. The molecule has 0 unspecified atom stereocenters. The van der Waals surface area contributed by atoms with Crippen molar-refractivity contribution in [2.24, 2.45) is 5.73 Å². The molecule has 0 saturated carbocycles. The number of ether oxygens (including phenoxy) is 1. The van der Waals surface area contributed by atoms with Crippen LogP contribution in [0.2, 0.25) is 0 Å². The van der Waals surface area contributed by atoms with Gasteiger partial charge in [0.05, 0.1) is 11.4 Å². The van der Waals surface area contributed by atoms with E-state index < -0.39 is 23.4 Å². The SMILES string of the molecule is NCc1[nH]c(=O)cc(N)c1OC(F)(F)F. The summed E-state index contributed by atoms with van der Waals surface area (Å²) in [4.78, 5) is 13.0. The first-order chi connectivity index (χ1) is 6.83. The van der Waals surface area contributed by atoms with Crippen LogP contribution in [0.4, 0.5) is 18.9 Å². The lowest BCUT2D eigenvalue weighted by Gasteiger charge is -2.13. The van der Waals surface area contributed by atoms with Crippen molar-refractivity contribution in [3.63, 3.8) is 0 Å². The number of aromatic nitrogens is 1. The fourth-order valence-electron chi connectivity index (χ4n) is 1.00. The van der Waals surface area contributed by atoms with E-state index >= 15 is 0 Å². The summed E-state index contributed by atoms with van der Waals surface area (Å²) in [6, 6.07) is 0.792. The third-order valence-corrected chi connectivity index (χ3v) is 1.52. The van der Waals surface area contributed by atoms with Crippen LogP contribution in [0.1, 0.15) is 5.69 Å². The summed E-state index contributed by atoms with van der Waals surface area (Å²) < 4.78 is 39.4. The highest BCUT2D eigenvalue weighted by molar-refractivity contribution is 5.54. The van der Waals surface area contributed by atoms with E-state index in [1.165, 1.54) is 0 Å². The number of aromatic amines is 1. The van der Waals surface area contributed by atoms with Gasteiger partial charge in [-0.25, -0.2) is 0 Å². The number of pyridine rings is 1. The third kappa shape index (κ3) is 2.88. The monoisotopic (exact) mass is 223 g/mol. The molecule has 0 bridgehead atoms. The van der Waals surface area contributed by atoms with E-state index in [0.717, 1.165) is 6.07 Å². The predicted octanol–water partition coefficient (Wildman–Crippen LogP) is 0.314. The number of hydrogen-bond donors (Lipinski definition) is 3. The Morgan fingerprint density at radius 2 is 2.07 bits per heavy atom. The Morgan fingerprint density at radius 1 is 1.47 bits per heavy atom. The lowest BCUT2D eigenvalue weighted by molar-refractivity contribution is -0.274. The number of nitrogen functional groups attached to an aromatic ring is 1. The Kier molecular flexibility index (Phi) is 2.89. The third-order valence-electron chi connectivity index (χ3n) is 1.52. The highest BCUT2D eigenvalue weighted by Crippen LogP contribution is 2.29. The number of H-pyrrole nitrogens is 1. The molecule has 0 spiro atoms. The van der Waals surface area contributed by atoms with Crippen LogP contribution in [0, 0.1) is 0 Å². The van der Waals surface area contributed by atoms with Crippen molar-refractivity contribution in [3.05, 3.63) is 22.1 Å². The van der Waals surface area contributed by atoms with E-state index in [1.807, 2.05) is 0 Å². The summed E-state index contributed by atoms with van der Waals surface area (Å²) in [6.45, 7) is -0.314. The highest BCUT2D eigenvalue weighted by Gasteiger charge is 2.33. The summed E-state index contributed by atoms with van der Waals surface area (Å²) in [5.41, 5.74) is 9.10. The number of nitrogens with two attached hydrogens (primary N) is 2. The second-order valence-corrected chi connectivity index (χ2v) is 2.65. The Balaban J connectivity index is 3.21. The minimum atomic E-state index is -4.88. The number of rotatable bonds is 2. The van der Waals surface area contributed by atoms with Crippen molar-refractivity contribution in [1.82, 2.24) is 4.98 Å². The molecule has 8 heteroatoms. The van der Waals surface area contributed by atoms with E-state index in [0.29, 0.717) is 0 Å². The van der Waals surface area contributed by atoms with Gasteiger partial charge in [-0.15, -0.1) is 13.2 Å². The maximum Gasteiger partial charge on any atom is 0.573 e. The zero-order chi connectivity index (χ0) is 11.6. The van der Waals surface area contributed by atoms with E-state index in [9.17, 15) is 18.0 Å². The van der Waals surface area contributed by atoms with Crippen LogP contribution in [-0.4, -0.2) is 11.3 Å². The van der Waals surface area contributed by atoms with Gasteiger partial charge in [0.1, 0.15) is 0 Å². The largest absolute Gasteiger partial charge is 0.573 e. The second kappa shape index (κ2) is 3.81. The van der Waals surface area contributed by atoms with Crippen molar-refractivity contribution < 1.29 is 17.9 Å². The molecule has 1 aromatic rings. The topological polar surface area (TPSA) is 94.1 Å². The molecule has 84 valence electrons. The number of halogens is 3. The number of hydrogen-bond acceptors (Lipinski definition) is 4. The molecule has 0 aliphatic heterocycles. The summed E-state index contributed by atoms with van der Waals surface area (Å²) >= 11 is 0. The fourth-order valence-corrected chi connectivity index (χ4v) is 1.00. The molecule has 0 saturated heterocycles. The molecule has 5 nitrogen and oxygen atoms in total. The van der Waals surface area contributed by atoms with Gasteiger partial charge >= 0.3 is 6.36 Å². The van der Waals surface area contributed by atoms with Gasteiger partial charge < -0.3 is 21.2 Å². The first kappa shape index (κ1) is 11.4. The molecule has 0 atom stereocenters. The molecule has 0 aromatic carbocycles. The van der Waals surface area contributed by atoms with Crippen LogP contribution in [-0.2, 0) is 6.54 Å². The quantitative estimate of drug-likeness (QED) is 0.672. The molecule has 1 aromatic heterocycles. The van der Waals surface area contributed by atoms with Crippen LogP contribution in [0.15, 0.2) is 10.9 Å². The molecular formula is C7H8F3N3O2. The van der Waals surface area contributed by atoms with Crippen LogP contribution < -0.4 is 21.8 Å². The van der Waals surface area contributed by atoms with E-state index in [-0.39, 0.29) is 12.2 Å². The lowest BCUT2D eigenvalue weighted by Crippen LogP contribution is -2.22. The van der Waals surface area contributed by atoms with Crippen molar-refractivity contribution in [1.29, 1.82) is 0 Å². The van der Waals surface area contributed by atoms with Gasteiger partial charge in [0.15, 0.2) is 5.75 Å². The van der Waals surface area contributed by atoms with E-state index in [1.54, 1.807) is 0 Å². The Labute approximate surface area is 81.8 Å². The number of nitrogens with one attached hydrogen (secondary N) is 1. The van der Waals surface area contributed by atoms with Crippen molar-refractivity contribution >= 4 is 5.69 Å². The maximum absolute atomic E-state index is 11.9. The number of alkyl halides is 3. The molecule has 0 aliphatic carbocycles. The predicted molar refractivity (Wildman–Crippen MR) is 46.0 cm³/mol. The van der Waals surface area contributed by atoms with E-state index in [2.05, 4.69) is 9.72 Å². The van der Waals surface area contributed by atoms with Crippen LogP contribution in [0.25, 0.3) is 0 Å². The van der Waals surface area contributed by atoms with Gasteiger partial charge in [-0.2, -0.15) is 0 Å². The van der Waals surface area contributed by atoms with Gasteiger partial charge in [0, 0.05) is 12.6 Å². The van der Waals surface area contributed by atoms with Crippen LogP contribution in [0.5, 0.6) is 5.75 Å². The molecule has 1 heterocycles. The molecule has 5 N–H and O–H groups in total. The molecule has 0 radical (unpaired) electrons. The normalized spacial score (nSPS) is 11.5. The van der Waals surface area contributed by atoms with Crippen LogP contribution in [0.3, 0.4) is 0 Å². The molecule has 0 aliphatic rings. The zero-order valence-electron chi connectivity index (χ0n) is 7.39. The maximum atomic E-state index is 11.9. The highest BCUT2D eigenvalue weighted by atomic mass is 19.4. The van der Waals surface area contributed by atoms with Gasteiger partial charge in [-0.1, -0.05) is 0 Å². The minimum absolute atomic E-state index is 0.197. The molecular weight excluding hydrogens is 215 g/mol. The summed E-state index contributed by atoms with van der Waals surface area (Å²) in [7, 11) is 0. The van der Waals surface area contributed by atoms with Crippen molar-refractivity contribution in [2.75, 3.05) is 5.73 Å². The standard InChI is InChI=1S/C7H8F3N3O2/c8-7(9,10)15-6-3(12)1-5(14)13-4(6)2-11/h1H,2,11H2,(H3,12,13,14). The van der Waals surface area contributed by atoms with Gasteiger partial charge in [-0.3, -0.25) is 4.79 Å². The Bertz CT molecular complexity index is 413. The van der Waals surface area contributed by atoms with E-state index in [4.69, 9.17) is 11.5 Å². The molecule has 1 rings (SSSR count). The zero-order valence-corrected chi connectivity index (χ0v) is 7.39. The van der Waals surface area contributed by atoms with Gasteiger partial charge in [-0.05, 0) is 0 Å². The fraction of sp³-hybridized carbons (Fsp3) is 0.286. The van der Waals surface area contributed by atoms with Gasteiger partial charge in [0.25, 0.3) is 0 Å². The van der Waals surface area contributed by atoms with Crippen molar-refractivity contribution in [2.45, 2.75) is 12.9 Å². The van der Waals surface area contributed by atoms with Crippen molar-refractivity contribution in [3.8, 4) is 5.75 Å². The molecule has 0 fully saturated rings. The van der Waals surface area contributed by atoms with Crippen LogP contribution >= 0.6 is 0 Å². The second-order valence-electron chi connectivity index (χ2n) is 2.65. The average molecular weight is 223 g/mol. The Hall–Kier alpha value is -1.70. The average Bonchev–Trinajstić information content (AvgIpc) is 2.07. The smallest absolute Gasteiger partial charge is 0.402 e.